The number of nitrogen functional groups attached to an aromatic ring is 1. The molecule has 0 amide bonds. The second-order valence-electron chi connectivity index (χ2n) is 4.99. The Kier molecular flexibility index (Phi) is 5.14. The average molecular weight is 378 g/mol. The van der Waals surface area contributed by atoms with Crippen LogP contribution in [-0.4, -0.2) is 19.5 Å². The number of unbranched alkanes of at least 4 members (excludes halogenated alkanes) is 1. The highest BCUT2D eigenvalue weighted by atomic mass is 35.5. The number of fused-ring (bicyclic) bond motifs is 1. The van der Waals surface area contributed by atoms with Gasteiger partial charge < -0.3 is 10.3 Å². The molecule has 3 rings (SSSR count). The minimum absolute atomic E-state index is 0.342. The zero-order valence-corrected chi connectivity index (χ0v) is 14.9. The molecule has 8 heteroatoms. The molecule has 2 N–H and O–H groups in total. The van der Waals surface area contributed by atoms with Crippen LogP contribution < -0.4 is 5.73 Å². The molecule has 5 nitrogen and oxygen atoms in total. The number of terminal acetylenes is 1. The molecular formula is C16H13Cl2N5S. The largest absolute Gasteiger partial charge is 0.382 e. The number of rotatable bonds is 5. The fraction of sp³-hybridized carbons (Fsp3) is 0.188. The molecule has 1 aromatic rings. The third-order valence-electron chi connectivity index (χ3n) is 3.29. The molecule has 0 aliphatic carbocycles. The Balaban J connectivity index is 1.94. The summed E-state index contributed by atoms with van der Waals surface area (Å²) in [6.45, 7) is 0.703. The molecule has 0 radical (unpaired) electrons. The topological polar surface area (TPSA) is 69.6 Å². The van der Waals surface area contributed by atoms with Gasteiger partial charge in [-0.2, -0.15) is 0 Å². The van der Waals surface area contributed by atoms with Crippen molar-refractivity contribution in [3.63, 3.8) is 0 Å². The third-order valence-corrected chi connectivity index (χ3v) is 4.89. The van der Waals surface area contributed by atoms with Crippen LogP contribution in [0.3, 0.4) is 0 Å². The van der Waals surface area contributed by atoms with Crippen molar-refractivity contribution in [1.82, 2.24) is 19.5 Å². The van der Waals surface area contributed by atoms with Gasteiger partial charge in [0.1, 0.15) is 0 Å². The molecule has 0 saturated carbocycles. The summed E-state index contributed by atoms with van der Waals surface area (Å²) in [5.74, 6) is 3.64. The number of imidazole rings is 1. The lowest BCUT2D eigenvalue weighted by atomic mass is 10.3. The van der Waals surface area contributed by atoms with Crippen molar-refractivity contribution in [1.29, 1.82) is 0 Å². The maximum atomic E-state index is 6.20. The van der Waals surface area contributed by atoms with E-state index in [0.717, 1.165) is 11.3 Å². The van der Waals surface area contributed by atoms with E-state index < -0.39 is 0 Å². The van der Waals surface area contributed by atoms with Crippen molar-refractivity contribution >= 4 is 40.8 Å². The number of nitrogens with zero attached hydrogens (tertiary/aromatic N) is 4. The van der Waals surface area contributed by atoms with Gasteiger partial charge in [-0.1, -0.05) is 23.2 Å². The fourth-order valence-corrected chi connectivity index (χ4v) is 3.44. The lowest BCUT2D eigenvalue weighted by Gasteiger charge is -2.09. The highest BCUT2D eigenvalue weighted by molar-refractivity contribution is 7.99. The first-order valence-corrected chi connectivity index (χ1v) is 8.70. The molecule has 122 valence electrons. The quantitative estimate of drug-likeness (QED) is 0.532. The maximum absolute atomic E-state index is 6.20. The predicted octanol–water partition coefficient (Wildman–Crippen LogP) is 4.23. The minimum atomic E-state index is 0.342. The van der Waals surface area contributed by atoms with E-state index in [9.17, 15) is 0 Å². The molecular weight excluding hydrogens is 365 g/mol. The van der Waals surface area contributed by atoms with E-state index in [1.807, 2.05) is 4.57 Å². The first kappa shape index (κ1) is 16.9. The van der Waals surface area contributed by atoms with Crippen molar-refractivity contribution in [3.05, 3.63) is 34.6 Å². The van der Waals surface area contributed by atoms with Crippen LogP contribution >= 0.6 is 35.0 Å². The van der Waals surface area contributed by atoms with E-state index in [1.54, 1.807) is 24.5 Å². The van der Waals surface area contributed by atoms with Crippen LogP contribution in [0.4, 0.5) is 5.82 Å². The minimum Gasteiger partial charge on any atom is -0.382 e. The number of anilines is 1. The summed E-state index contributed by atoms with van der Waals surface area (Å²) in [6, 6.07) is 5.25. The molecule has 2 heterocycles. The number of benzene rings is 1. The van der Waals surface area contributed by atoms with Crippen molar-refractivity contribution in [2.45, 2.75) is 29.4 Å². The Morgan fingerprint density at radius 1 is 1.29 bits per heavy atom. The highest BCUT2D eigenvalue weighted by Crippen LogP contribution is 2.36. The predicted molar refractivity (Wildman–Crippen MR) is 97.5 cm³/mol. The van der Waals surface area contributed by atoms with Gasteiger partial charge >= 0.3 is 0 Å². The third kappa shape index (κ3) is 3.59. The Bertz CT molecular complexity index is 887. The summed E-state index contributed by atoms with van der Waals surface area (Å²) >= 11 is 13.5. The van der Waals surface area contributed by atoms with Crippen molar-refractivity contribution in [2.24, 2.45) is 0 Å². The van der Waals surface area contributed by atoms with Crippen LogP contribution in [-0.2, 0) is 6.54 Å². The lowest BCUT2D eigenvalue weighted by Crippen LogP contribution is -2.08. The summed E-state index contributed by atoms with van der Waals surface area (Å²) < 4.78 is 1.90. The second kappa shape index (κ2) is 7.31. The molecule has 2 aliphatic heterocycles. The Morgan fingerprint density at radius 3 is 2.92 bits per heavy atom. The van der Waals surface area contributed by atoms with Crippen molar-refractivity contribution in [3.8, 4) is 23.9 Å². The van der Waals surface area contributed by atoms with Crippen LogP contribution in [0.25, 0.3) is 11.5 Å². The molecule has 2 aliphatic rings. The number of hydrogen-bond acceptors (Lipinski definition) is 5. The monoisotopic (exact) mass is 377 g/mol. The number of aromatic nitrogens is 4. The van der Waals surface area contributed by atoms with Crippen molar-refractivity contribution in [2.75, 3.05) is 5.73 Å². The summed E-state index contributed by atoms with van der Waals surface area (Å²) in [4.78, 5) is 14.0. The lowest BCUT2D eigenvalue weighted by molar-refractivity contribution is 0.638. The Hall–Kier alpha value is -1.94. The van der Waals surface area contributed by atoms with E-state index in [4.69, 9.17) is 35.4 Å². The van der Waals surface area contributed by atoms with E-state index >= 15 is 0 Å². The molecule has 0 spiro atoms. The van der Waals surface area contributed by atoms with Gasteiger partial charge in [-0.15, -0.1) is 12.3 Å². The zero-order valence-electron chi connectivity index (χ0n) is 12.5. The van der Waals surface area contributed by atoms with E-state index in [-0.39, 0.29) is 0 Å². The van der Waals surface area contributed by atoms with Gasteiger partial charge in [0.25, 0.3) is 0 Å². The average Bonchev–Trinajstić information content (AvgIpc) is 2.98. The molecule has 0 aromatic heterocycles. The van der Waals surface area contributed by atoms with Gasteiger partial charge in [-0.05, 0) is 36.4 Å². The van der Waals surface area contributed by atoms with E-state index in [0.29, 0.717) is 45.5 Å². The fourth-order valence-electron chi connectivity index (χ4n) is 2.15. The van der Waals surface area contributed by atoms with Crippen LogP contribution in [0.5, 0.6) is 0 Å². The summed E-state index contributed by atoms with van der Waals surface area (Å²) in [5.41, 5.74) is 6.49. The first-order valence-electron chi connectivity index (χ1n) is 7.13. The van der Waals surface area contributed by atoms with Crippen LogP contribution in [0, 0.1) is 12.3 Å². The number of halogens is 2. The van der Waals surface area contributed by atoms with Gasteiger partial charge in [0.15, 0.2) is 22.5 Å². The Labute approximate surface area is 153 Å². The molecule has 1 aromatic carbocycles. The number of aryl methyl sites for hydroxylation is 1. The molecule has 0 bridgehead atoms. The summed E-state index contributed by atoms with van der Waals surface area (Å²) in [5, 5.41) is 1.73. The molecule has 0 fully saturated rings. The molecule has 0 unspecified atom stereocenters. The van der Waals surface area contributed by atoms with Crippen LogP contribution in [0.15, 0.2) is 34.6 Å². The Morgan fingerprint density at radius 2 is 2.12 bits per heavy atom. The van der Waals surface area contributed by atoms with Gasteiger partial charge in [0.05, 0.1) is 11.3 Å². The normalized spacial score (nSPS) is 10.9. The summed E-state index contributed by atoms with van der Waals surface area (Å²) in [6.07, 6.45) is 8.47. The molecule has 0 saturated heterocycles. The van der Waals surface area contributed by atoms with E-state index in [1.165, 1.54) is 11.8 Å². The van der Waals surface area contributed by atoms with Crippen LogP contribution in [0.2, 0.25) is 10.0 Å². The SMILES string of the molecule is C#CCCCn1cnc(N)c2nc(Sc3cc(Cl)ccc3Cl)nc1-2. The molecule has 0 atom stereocenters. The maximum Gasteiger partial charge on any atom is 0.195 e. The number of nitrogens with two attached hydrogens (primary N) is 1. The van der Waals surface area contributed by atoms with Gasteiger partial charge in [0.2, 0.25) is 0 Å². The van der Waals surface area contributed by atoms with Gasteiger partial charge in [-0.3, -0.25) is 0 Å². The smallest absolute Gasteiger partial charge is 0.195 e. The number of hydrogen-bond donors (Lipinski definition) is 1. The summed E-state index contributed by atoms with van der Waals surface area (Å²) in [7, 11) is 0. The standard InChI is InChI=1S/C16H13Cl2N5S/c1-2-3-4-7-23-9-20-14(19)13-15(23)22-16(21-13)24-12-8-10(17)5-6-11(12)18/h1,5-6,8-9H,3-4,7,19H2. The van der Waals surface area contributed by atoms with E-state index in [2.05, 4.69) is 20.9 Å². The van der Waals surface area contributed by atoms with Gasteiger partial charge in [0, 0.05) is 22.9 Å². The van der Waals surface area contributed by atoms with Crippen molar-refractivity contribution < 1.29 is 0 Å². The van der Waals surface area contributed by atoms with Crippen LogP contribution in [0.1, 0.15) is 12.8 Å². The first-order chi connectivity index (χ1) is 11.6. The second-order valence-corrected chi connectivity index (χ2v) is 6.84. The molecule has 24 heavy (non-hydrogen) atoms. The zero-order chi connectivity index (χ0) is 17.1. The van der Waals surface area contributed by atoms with Gasteiger partial charge in [-0.25, -0.2) is 15.0 Å². The highest BCUT2D eigenvalue weighted by Gasteiger charge is 2.19.